The average Bonchev–Trinajstić information content (AvgIpc) is 2.57. The van der Waals surface area contributed by atoms with Gasteiger partial charge in [-0.1, -0.05) is 53.5 Å². The van der Waals surface area contributed by atoms with Gasteiger partial charge in [0.2, 0.25) is 0 Å². The lowest BCUT2D eigenvalue weighted by molar-refractivity contribution is -0.116. The Hall–Kier alpha value is -0.830. The van der Waals surface area contributed by atoms with Crippen LogP contribution < -0.4 is 0 Å². The summed E-state index contributed by atoms with van der Waals surface area (Å²) < 4.78 is 5.42. The molecule has 0 saturated carbocycles. The Balaban J connectivity index is 2.32. The summed E-state index contributed by atoms with van der Waals surface area (Å²) >= 11 is 11.9. The number of aldehydes is 1. The van der Waals surface area contributed by atoms with Gasteiger partial charge < -0.3 is 9.53 Å². The van der Waals surface area contributed by atoms with Crippen LogP contribution in [-0.4, -0.2) is 12.4 Å². The Labute approximate surface area is 97.4 Å². The first kappa shape index (κ1) is 10.7. The zero-order valence-electron chi connectivity index (χ0n) is 7.69. The maximum absolute atomic E-state index is 10.6. The Morgan fingerprint density at radius 3 is 2.33 bits per heavy atom. The Morgan fingerprint density at radius 1 is 1.13 bits per heavy atom. The normalized spacial score (nSPS) is 25.7. The highest BCUT2D eigenvalue weighted by Crippen LogP contribution is 2.41. The van der Waals surface area contributed by atoms with Crippen molar-refractivity contribution in [3.05, 3.63) is 46.0 Å². The monoisotopic (exact) mass is 242 g/mol. The lowest BCUT2D eigenvalue weighted by Gasteiger charge is -2.11. The number of carbonyl (C=O) groups is 1. The Morgan fingerprint density at radius 2 is 1.80 bits per heavy atom. The van der Waals surface area contributed by atoms with Crippen molar-refractivity contribution in [2.75, 3.05) is 0 Å². The molecule has 0 saturated heterocycles. The Kier molecular flexibility index (Phi) is 3.10. The molecule has 2 unspecified atom stereocenters. The standard InChI is InChI=1S/C11H8Cl2O2/c12-9-8(6-14)15-11(10(9)13)7-4-2-1-3-5-7/h1-6,8,11H. The van der Waals surface area contributed by atoms with E-state index in [1.807, 2.05) is 30.3 Å². The summed E-state index contributed by atoms with van der Waals surface area (Å²) in [6, 6.07) is 9.42. The summed E-state index contributed by atoms with van der Waals surface area (Å²) in [7, 11) is 0. The second-order valence-electron chi connectivity index (χ2n) is 3.18. The molecule has 0 fully saturated rings. The zero-order valence-corrected chi connectivity index (χ0v) is 9.20. The molecule has 2 atom stereocenters. The molecule has 2 rings (SSSR count). The van der Waals surface area contributed by atoms with Crippen molar-refractivity contribution in [2.45, 2.75) is 12.2 Å². The smallest absolute Gasteiger partial charge is 0.154 e. The third-order valence-electron chi connectivity index (χ3n) is 2.22. The second kappa shape index (κ2) is 4.35. The molecular weight excluding hydrogens is 235 g/mol. The number of halogens is 2. The number of ether oxygens (including phenoxy) is 1. The molecular formula is C11H8Cl2O2. The van der Waals surface area contributed by atoms with Gasteiger partial charge in [-0.25, -0.2) is 0 Å². The summed E-state index contributed by atoms with van der Waals surface area (Å²) in [4.78, 5) is 10.6. The van der Waals surface area contributed by atoms with Gasteiger partial charge >= 0.3 is 0 Å². The van der Waals surface area contributed by atoms with Crippen molar-refractivity contribution >= 4 is 29.5 Å². The van der Waals surface area contributed by atoms with E-state index in [-0.39, 0.29) is 5.03 Å². The quantitative estimate of drug-likeness (QED) is 0.746. The van der Waals surface area contributed by atoms with Crippen molar-refractivity contribution in [3.8, 4) is 0 Å². The number of hydrogen-bond acceptors (Lipinski definition) is 2. The maximum atomic E-state index is 10.6. The first-order chi connectivity index (χ1) is 7.24. The van der Waals surface area contributed by atoms with Gasteiger partial charge in [0.15, 0.2) is 12.4 Å². The summed E-state index contributed by atoms with van der Waals surface area (Å²) in [6.07, 6.45) is -0.506. The molecule has 0 radical (unpaired) electrons. The van der Waals surface area contributed by atoms with E-state index in [1.54, 1.807) is 0 Å². The number of rotatable bonds is 2. The van der Waals surface area contributed by atoms with Crippen molar-refractivity contribution < 1.29 is 9.53 Å². The third kappa shape index (κ3) is 1.93. The molecule has 1 heterocycles. The van der Waals surface area contributed by atoms with Crippen molar-refractivity contribution in [3.63, 3.8) is 0 Å². The molecule has 1 aromatic carbocycles. The Bertz CT molecular complexity index is 400. The summed E-state index contributed by atoms with van der Waals surface area (Å²) in [5.74, 6) is 0. The van der Waals surface area contributed by atoms with Crippen LogP contribution in [0.25, 0.3) is 0 Å². The fourth-order valence-electron chi connectivity index (χ4n) is 1.47. The van der Waals surface area contributed by atoms with Gasteiger partial charge in [0.25, 0.3) is 0 Å². The van der Waals surface area contributed by atoms with Crippen LogP contribution in [0.3, 0.4) is 0 Å². The minimum atomic E-state index is -0.732. The molecule has 78 valence electrons. The van der Waals surface area contributed by atoms with E-state index in [0.717, 1.165) is 5.56 Å². The summed E-state index contributed by atoms with van der Waals surface area (Å²) in [5, 5.41) is 0.667. The third-order valence-corrected chi connectivity index (χ3v) is 3.13. The second-order valence-corrected chi connectivity index (χ2v) is 3.99. The van der Waals surface area contributed by atoms with Crippen molar-refractivity contribution in [1.82, 2.24) is 0 Å². The van der Waals surface area contributed by atoms with Gasteiger partial charge in [-0.05, 0) is 5.56 Å². The van der Waals surface area contributed by atoms with Gasteiger partial charge in [-0.2, -0.15) is 0 Å². The number of benzene rings is 1. The molecule has 0 spiro atoms. The van der Waals surface area contributed by atoms with E-state index in [0.29, 0.717) is 11.3 Å². The van der Waals surface area contributed by atoms with Crippen molar-refractivity contribution in [2.24, 2.45) is 0 Å². The molecule has 15 heavy (non-hydrogen) atoms. The molecule has 0 aromatic heterocycles. The maximum Gasteiger partial charge on any atom is 0.154 e. The minimum Gasteiger partial charge on any atom is -0.351 e. The highest BCUT2D eigenvalue weighted by atomic mass is 35.5. The fraction of sp³-hybridized carbons (Fsp3) is 0.182. The van der Waals surface area contributed by atoms with E-state index in [4.69, 9.17) is 27.9 Å². The highest BCUT2D eigenvalue weighted by Gasteiger charge is 2.33. The van der Waals surface area contributed by atoms with Crippen LogP contribution >= 0.6 is 23.2 Å². The molecule has 0 bridgehead atoms. The topological polar surface area (TPSA) is 26.3 Å². The van der Waals surface area contributed by atoms with Crippen LogP contribution in [-0.2, 0) is 9.53 Å². The molecule has 1 aromatic rings. The highest BCUT2D eigenvalue weighted by molar-refractivity contribution is 6.41. The first-order valence-electron chi connectivity index (χ1n) is 4.45. The predicted molar refractivity (Wildman–Crippen MR) is 58.9 cm³/mol. The van der Waals surface area contributed by atoms with E-state index in [9.17, 15) is 4.79 Å². The van der Waals surface area contributed by atoms with E-state index >= 15 is 0 Å². The fourth-order valence-corrected chi connectivity index (χ4v) is 1.96. The molecule has 0 N–H and O–H groups in total. The summed E-state index contributed by atoms with van der Waals surface area (Å²) in [5.41, 5.74) is 0.894. The number of hydrogen-bond donors (Lipinski definition) is 0. The van der Waals surface area contributed by atoms with Crippen LogP contribution in [0, 0.1) is 0 Å². The molecule has 2 nitrogen and oxygen atoms in total. The first-order valence-corrected chi connectivity index (χ1v) is 5.20. The van der Waals surface area contributed by atoms with Crippen LogP contribution in [0.5, 0.6) is 0 Å². The molecule has 4 heteroatoms. The summed E-state index contributed by atoms with van der Waals surface area (Å²) in [6.45, 7) is 0. The van der Waals surface area contributed by atoms with Crippen LogP contribution in [0.15, 0.2) is 40.4 Å². The van der Waals surface area contributed by atoms with E-state index in [1.165, 1.54) is 0 Å². The minimum absolute atomic E-state index is 0.278. The van der Waals surface area contributed by atoms with Gasteiger partial charge in [0, 0.05) is 0 Å². The van der Waals surface area contributed by atoms with Gasteiger partial charge in [-0.15, -0.1) is 0 Å². The average molecular weight is 243 g/mol. The molecule has 0 amide bonds. The largest absolute Gasteiger partial charge is 0.351 e. The van der Waals surface area contributed by atoms with Crippen LogP contribution in [0.1, 0.15) is 11.7 Å². The molecule has 1 aliphatic rings. The molecule has 0 aliphatic carbocycles. The predicted octanol–water partition coefficient (Wildman–Crippen LogP) is 3.01. The lowest BCUT2D eigenvalue weighted by Crippen LogP contribution is -2.10. The molecule has 1 aliphatic heterocycles. The zero-order chi connectivity index (χ0) is 10.8. The van der Waals surface area contributed by atoms with Gasteiger partial charge in [-0.3, -0.25) is 0 Å². The number of carbonyl (C=O) groups excluding carboxylic acids is 1. The van der Waals surface area contributed by atoms with Crippen molar-refractivity contribution in [1.29, 1.82) is 0 Å². The SMILES string of the molecule is O=CC1OC(c2ccccc2)C(Cl)=C1Cl. The van der Waals surface area contributed by atoms with E-state index < -0.39 is 12.2 Å². The van der Waals surface area contributed by atoms with E-state index in [2.05, 4.69) is 0 Å². The van der Waals surface area contributed by atoms with Crippen LogP contribution in [0.4, 0.5) is 0 Å². The lowest BCUT2D eigenvalue weighted by atomic mass is 10.1. The van der Waals surface area contributed by atoms with Crippen LogP contribution in [0.2, 0.25) is 0 Å². The van der Waals surface area contributed by atoms with Gasteiger partial charge in [0.1, 0.15) is 6.10 Å². The van der Waals surface area contributed by atoms with Gasteiger partial charge in [0.05, 0.1) is 10.1 Å².